The highest BCUT2D eigenvalue weighted by molar-refractivity contribution is 7.08. The summed E-state index contributed by atoms with van der Waals surface area (Å²) in [5.74, 6) is 0.102. The minimum Gasteiger partial charge on any atom is -0.334 e. The number of carbonyl (C=O) groups is 1. The molecule has 1 unspecified atom stereocenters. The van der Waals surface area contributed by atoms with Crippen LogP contribution in [0.1, 0.15) is 55.4 Å². The number of hydrogen-bond donors (Lipinski definition) is 1. The number of amides is 1. The number of nitrogens with zero attached hydrogens (tertiary/aromatic N) is 3. The zero-order valence-electron chi connectivity index (χ0n) is 12.8. The lowest BCUT2D eigenvalue weighted by atomic mass is 9.91. The van der Waals surface area contributed by atoms with E-state index in [2.05, 4.69) is 35.7 Å². The van der Waals surface area contributed by atoms with E-state index in [4.69, 9.17) is 0 Å². The zero-order valence-corrected chi connectivity index (χ0v) is 13.6. The van der Waals surface area contributed by atoms with Crippen molar-refractivity contribution in [3.63, 3.8) is 0 Å². The molecule has 1 aliphatic heterocycles. The van der Waals surface area contributed by atoms with Crippen molar-refractivity contribution < 1.29 is 4.79 Å². The van der Waals surface area contributed by atoms with Crippen LogP contribution in [0.25, 0.3) is 0 Å². The summed E-state index contributed by atoms with van der Waals surface area (Å²) in [5.41, 5.74) is 0.674. The Morgan fingerprint density at radius 2 is 2.20 bits per heavy atom. The number of aromatic nitrogens is 2. The summed E-state index contributed by atoms with van der Waals surface area (Å²) in [6, 6.07) is 0.288. The first kappa shape index (κ1) is 15.4. The van der Waals surface area contributed by atoms with Gasteiger partial charge in [0.25, 0.3) is 5.91 Å². The molecule has 1 atom stereocenters. The molecule has 112 valence electrons. The van der Waals surface area contributed by atoms with Crippen LogP contribution in [0.4, 0.5) is 0 Å². The van der Waals surface area contributed by atoms with Crippen LogP contribution >= 0.6 is 11.5 Å². The molecular weight excluding hydrogens is 272 g/mol. The van der Waals surface area contributed by atoms with Crippen LogP contribution in [0.3, 0.4) is 0 Å². The first-order valence-corrected chi connectivity index (χ1v) is 8.01. The Kier molecular flexibility index (Phi) is 4.75. The van der Waals surface area contributed by atoms with Gasteiger partial charge in [-0.15, -0.1) is 5.10 Å². The first-order chi connectivity index (χ1) is 9.45. The van der Waals surface area contributed by atoms with Crippen LogP contribution in [0.5, 0.6) is 0 Å². The normalized spacial score (nSPS) is 20.2. The van der Waals surface area contributed by atoms with Gasteiger partial charge in [-0.25, -0.2) is 0 Å². The molecule has 2 heterocycles. The summed E-state index contributed by atoms with van der Waals surface area (Å²) in [6.45, 7) is 7.90. The van der Waals surface area contributed by atoms with E-state index in [0.717, 1.165) is 31.6 Å². The van der Waals surface area contributed by atoms with Crippen LogP contribution < -0.4 is 5.32 Å². The van der Waals surface area contributed by atoms with E-state index < -0.39 is 0 Å². The molecule has 5 nitrogen and oxygen atoms in total. The van der Waals surface area contributed by atoms with Gasteiger partial charge in [0.2, 0.25) is 0 Å². The molecule has 2 rings (SSSR count). The van der Waals surface area contributed by atoms with E-state index in [1.165, 1.54) is 18.0 Å². The third-order valence-corrected chi connectivity index (χ3v) is 4.43. The minimum atomic E-state index is -0.147. The second-order valence-electron chi connectivity index (χ2n) is 6.41. The maximum atomic E-state index is 12.8. The molecule has 0 aliphatic carbocycles. The van der Waals surface area contributed by atoms with Crippen LogP contribution in [-0.4, -0.2) is 46.6 Å². The van der Waals surface area contributed by atoms with Crippen molar-refractivity contribution in [2.45, 2.75) is 51.5 Å². The van der Waals surface area contributed by atoms with Gasteiger partial charge in [0, 0.05) is 24.5 Å². The van der Waals surface area contributed by atoms with E-state index >= 15 is 0 Å². The molecule has 0 radical (unpaired) electrons. The fraction of sp³-hybridized carbons (Fsp3) is 0.786. The smallest absolute Gasteiger partial charge is 0.267 e. The van der Waals surface area contributed by atoms with Crippen LogP contribution in [0.15, 0.2) is 0 Å². The van der Waals surface area contributed by atoms with Crippen molar-refractivity contribution in [2.24, 2.45) is 0 Å². The van der Waals surface area contributed by atoms with Gasteiger partial charge >= 0.3 is 0 Å². The van der Waals surface area contributed by atoms with Gasteiger partial charge in [-0.05, 0) is 37.8 Å². The Labute approximate surface area is 124 Å². The van der Waals surface area contributed by atoms with E-state index in [9.17, 15) is 4.79 Å². The quantitative estimate of drug-likeness (QED) is 0.927. The van der Waals surface area contributed by atoms with Gasteiger partial charge in [-0.2, -0.15) is 0 Å². The SMILES string of the molecule is CNCC1CCCCN1C(=O)c1snnc1C(C)(C)C. The highest BCUT2D eigenvalue weighted by atomic mass is 32.1. The summed E-state index contributed by atoms with van der Waals surface area (Å²) in [5, 5.41) is 7.37. The van der Waals surface area contributed by atoms with Gasteiger partial charge in [0.1, 0.15) is 4.88 Å². The minimum absolute atomic E-state index is 0.102. The van der Waals surface area contributed by atoms with Crippen molar-refractivity contribution in [3.05, 3.63) is 10.6 Å². The highest BCUT2D eigenvalue weighted by Gasteiger charge is 2.33. The van der Waals surface area contributed by atoms with E-state index in [-0.39, 0.29) is 17.4 Å². The lowest BCUT2D eigenvalue weighted by molar-refractivity contribution is 0.0617. The Hall–Kier alpha value is -1.01. The molecule has 1 aromatic rings. The van der Waals surface area contributed by atoms with Gasteiger partial charge in [0.05, 0.1) is 5.69 Å². The van der Waals surface area contributed by atoms with Gasteiger partial charge in [-0.1, -0.05) is 25.3 Å². The molecule has 0 aromatic carbocycles. The summed E-state index contributed by atoms with van der Waals surface area (Å²) < 4.78 is 4.00. The number of nitrogens with one attached hydrogen (secondary N) is 1. The third kappa shape index (κ3) is 3.17. The Bertz CT molecular complexity index is 464. The fourth-order valence-corrected chi connectivity index (χ4v) is 3.50. The maximum Gasteiger partial charge on any atom is 0.267 e. The van der Waals surface area contributed by atoms with E-state index in [0.29, 0.717) is 4.88 Å². The van der Waals surface area contributed by atoms with Crippen molar-refractivity contribution in [2.75, 3.05) is 20.1 Å². The Balaban J connectivity index is 2.24. The Morgan fingerprint density at radius 3 is 2.85 bits per heavy atom. The molecule has 6 heteroatoms. The second-order valence-corrected chi connectivity index (χ2v) is 7.16. The monoisotopic (exact) mass is 296 g/mol. The summed E-state index contributed by atoms with van der Waals surface area (Å²) in [4.78, 5) is 15.6. The molecule has 1 aromatic heterocycles. The molecule has 1 N–H and O–H groups in total. The topological polar surface area (TPSA) is 58.1 Å². The lowest BCUT2D eigenvalue weighted by Crippen LogP contribution is -2.48. The molecule has 0 saturated carbocycles. The van der Waals surface area contributed by atoms with Gasteiger partial charge in [0.15, 0.2) is 0 Å². The van der Waals surface area contributed by atoms with Crippen LogP contribution in [0.2, 0.25) is 0 Å². The predicted octanol–water partition coefficient (Wildman–Crippen LogP) is 2.05. The average Bonchev–Trinajstić information content (AvgIpc) is 2.88. The molecule has 0 bridgehead atoms. The number of likely N-dealkylation sites (tertiary alicyclic amines) is 1. The van der Waals surface area contributed by atoms with Gasteiger partial charge < -0.3 is 10.2 Å². The fourth-order valence-electron chi connectivity index (χ4n) is 2.67. The van der Waals surface area contributed by atoms with Crippen molar-refractivity contribution in [1.82, 2.24) is 19.8 Å². The van der Waals surface area contributed by atoms with Crippen molar-refractivity contribution >= 4 is 17.4 Å². The standard InChI is InChI=1S/C14H24N4OS/c1-14(2,3)12-11(20-17-16-12)13(19)18-8-6-5-7-10(18)9-15-4/h10,15H,5-9H2,1-4H3. The molecule has 0 spiro atoms. The summed E-state index contributed by atoms with van der Waals surface area (Å²) in [7, 11) is 1.94. The molecule has 1 aliphatic rings. The van der Waals surface area contributed by atoms with Crippen LogP contribution in [-0.2, 0) is 5.41 Å². The molecular formula is C14H24N4OS. The van der Waals surface area contributed by atoms with Crippen molar-refractivity contribution in [3.8, 4) is 0 Å². The van der Waals surface area contributed by atoms with E-state index in [1.807, 2.05) is 11.9 Å². The largest absolute Gasteiger partial charge is 0.334 e. The molecule has 20 heavy (non-hydrogen) atoms. The van der Waals surface area contributed by atoms with Crippen molar-refractivity contribution in [1.29, 1.82) is 0 Å². The number of hydrogen-bond acceptors (Lipinski definition) is 5. The maximum absolute atomic E-state index is 12.8. The average molecular weight is 296 g/mol. The third-order valence-electron chi connectivity index (χ3n) is 3.72. The zero-order chi connectivity index (χ0) is 14.8. The number of rotatable bonds is 3. The summed E-state index contributed by atoms with van der Waals surface area (Å²) in [6.07, 6.45) is 3.36. The molecule has 1 saturated heterocycles. The van der Waals surface area contributed by atoms with E-state index in [1.54, 1.807) is 0 Å². The van der Waals surface area contributed by atoms with Gasteiger partial charge in [-0.3, -0.25) is 4.79 Å². The number of piperidine rings is 1. The summed E-state index contributed by atoms with van der Waals surface area (Å²) >= 11 is 1.23. The number of carbonyl (C=O) groups excluding carboxylic acids is 1. The first-order valence-electron chi connectivity index (χ1n) is 7.23. The predicted molar refractivity (Wildman–Crippen MR) is 81.2 cm³/mol. The number of likely N-dealkylation sites (N-methyl/N-ethyl adjacent to an activating group) is 1. The van der Waals surface area contributed by atoms with Crippen LogP contribution in [0, 0.1) is 0 Å². The Morgan fingerprint density at radius 1 is 1.45 bits per heavy atom. The highest BCUT2D eigenvalue weighted by Crippen LogP contribution is 2.28. The second kappa shape index (κ2) is 6.18. The molecule has 1 fully saturated rings. The molecule has 1 amide bonds. The lowest BCUT2D eigenvalue weighted by Gasteiger charge is -2.35.